The molecule has 2 aromatic rings. The van der Waals surface area contributed by atoms with E-state index >= 15 is 0 Å². The Hall–Kier alpha value is -1.95. The van der Waals surface area contributed by atoms with Gasteiger partial charge in [0.25, 0.3) is 0 Å². The van der Waals surface area contributed by atoms with Crippen LogP contribution in [0.4, 0.5) is 10.1 Å². The number of nitrogens with zero attached hydrogens (tertiary/aromatic N) is 1. The van der Waals surface area contributed by atoms with Gasteiger partial charge in [0.05, 0.1) is 23.4 Å². The smallest absolute Gasteiger partial charge is 0.225 e. The molecular formula is C19H20ClFN2O2. The Morgan fingerprint density at radius 1 is 1.24 bits per heavy atom. The molecule has 0 aromatic heterocycles. The average Bonchev–Trinajstić information content (AvgIpc) is 2.63. The van der Waals surface area contributed by atoms with Crippen molar-refractivity contribution >= 4 is 23.2 Å². The highest BCUT2D eigenvalue weighted by atomic mass is 35.5. The molecule has 1 aliphatic heterocycles. The molecule has 1 aliphatic rings. The van der Waals surface area contributed by atoms with Crippen molar-refractivity contribution in [1.29, 1.82) is 0 Å². The standard InChI is InChI=1S/C19H20ClFN2O2/c20-16-3-1-2-4-17(16)22-19(24)9-10-23-11-12-25-18(13-23)14-5-7-15(21)8-6-14/h1-8,18H,9-13H2,(H,22,24)/t18-/m1/s1. The lowest BCUT2D eigenvalue weighted by atomic mass is 10.1. The topological polar surface area (TPSA) is 41.6 Å². The molecule has 0 aliphatic carbocycles. The van der Waals surface area contributed by atoms with E-state index in [0.717, 1.165) is 12.1 Å². The number of carbonyl (C=O) groups excluding carboxylic acids is 1. The minimum Gasteiger partial charge on any atom is -0.371 e. The fraction of sp³-hybridized carbons (Fsp3) is 0.316. The number of carbonyl (C=O) groups is 1. The first-order valence-electron chi connectivity index (χ1n) is 8.25. The number of morpholine rings is 1. The maximum absolute atomic E-state index is 13.0. The third-order valence-electron chi connectivity index (χ3n) is 4.20. The molecule has 0 saturated carbocycles. The molecule has 1 heterocycles. The molecule has 3 rings (SSSR count). The number of ether oxygens (including phenoxy) is 1. The number of hydrogen-bond donors (Lipinski definition) is 1. The van der Waals surface area contributed by atoms with E-state index in [4.69, 9.17) is 16.3 Å². The lowest BCUT2D eigenvalue weighted by molar-refractivity contribution is -0.117. The second kappa shape index (κ2) is 8.43. The van der Waals surface area contributed by atoms with Crippen molar-refractivity contribution in [1.82, 2.24) is 4.90 Å². The molecule has 0 spiro atoms. The molecule has 0 bridgehead atoms. The van der Waals surface area contributed by atoms with Crippen LogP contribution in [0.15, 0.2) is 48.5 Å². The highest BCUT2D eigenvalue weighted by Gasteiger charge is 2.22. The van der Waals surface area contributed by atoms with Gasteiger partial charge in [-0.3, -0.25) is 9.69 Å². The Balaban J connectivity index is 1.50. The number of benzene rings is 2. The fourth-order valence-corrected chi connectivity index (χ4v) is 3.00. The minimum absolute atomic E-state index is 0.0714. The van der Waals surface area contributed by atoms with Gasteiger partial charge in [0.2, 0.25) is 5.91 Å². The number of anilines is 1. The van der Waals surface area contributed by atoms with Crippen molar-refractivity contribution in [3.8, 4) is 0 Å². The number of amides is 1. The SMILES string of the molecule is O=C(CCN1CCO[C@@H](c2ccc(F)cc2)C1)Nc1ccccc1Cl. The van der Waals surface area contributed by atoms with Crippen LogP contribution in [0.5, 0.6) is 0 Å². The summed E-state index contributed by atoms with van der Waals surface area (Å²) in [6, 6.07) is 13.5. The lowest BCUT2D eigenvalue weighted by Crippen LogP contribution is -2.39. The van der Waals surface area contributed by atoms with E-state index in [-0.39, 0.29) is 17.8 Å². The minimum atomic E-state index is -0.257. The molecular weight excluding hydrogens is 343 g/mol. The van der Waals surface area contributed by atoms with Gasteiger partial charge >= 0.3 is 0 Å². The Labute approximate surface area is 151 Å². The van der Waals surface area contributed by atoms with Crippen molar-refractivity contribution < 1.29 is 13.9 Å². The van der Waals surface area contributed by atoms with Crippen LogP contribution in [0.2, 0.25) is 5.02 Å². The molecule has 6 heteroatoms. The molecule has 25 heavy (non-hydrogen) atoms. The number of hydrogen-bond acceptors (Lipinski definition) is 3. The summed E-state index contributed by atoms with van der Waals surface area (Å²) >= 11 is 6.05. The number of para-hydroxylation sites is 1. The van der Waals surface area contributed by atoms with E-state index < -0.39 is 0 Å². The van der Waals surface area contributed by atoms with Crippen LogP contribution < -0.4 is 5.32 Å². The number of rotatable bonds is 5. The lowest BCUT2D eigenvalue weighted by Gasteiger charge is -2.33. The fourth-order valence-electron chi connectivity index (χ4n) is 2.82. The maximum atomic E-state index is 13.0. The van der Waals surface area contributed by atoms with Gasteiger partial charge in [-0.15, -0.1) is 0 Å². The van der Waals surface area contributed by atoms with Crippen LogP contribution in [-0.2, 0) is 9.53 Å². The number of halogens is 2. The predicted octanol–water partition coefficient (Wildman–Crippen LogP) is 3.88. The Morgan fingerprint density at radius 2 is 2.00 bits per heavy atom. The van der Waals surface area contributed by atoms with Gasteiger partial charge in [0.1, 0.15) is 5.82 Å². The zero-order valence-corrected chi connectivity index (χ0v) is 14.5. The van der Waals surface area contributed by atoms with E-state index in [2.05, 4.69) is 10.2 Å². The normalized spacial score (nSPS) is 18.1. The average molecular weight is 363 g/mol. The van der Waals surface area contributed by atoms with Gasteiger partial charge in [-0.05, 0) is 29.8 Å². The summed E-state index contributed by atoms with van der Waals surface area (Å²) in [6.07, 6.45) is 0.280. The summed E-state index contributed by atoms with van der Waals surface area (Å²) in [7, 11) is 0. The second-order valence-electron chi connectivity index (χ2n) is 5.99. The molecule has 1 N–H and O–H groups in total. The molecule has 132 valence electrons. The molecule has 1 atom stereocenters. The van der Waals surface area contributed by atoms with E-state index in [1.54, 1.807) is 24.3 Å². The zero-order chi connectivity index (χ0) is 17.6. The first-order valence-corrected chi connectivity index (χ1v) is 8.63. The molecule has 0 radical (unpaired) electrons. The summed E-state index contributed by atoms with van der Waals surface area (Å²) in [4.78, 5) is 14.3. The van der Waals surface area contributed by atoms with Crippen LogP contribution in [0.25, 0.3) is 0 Å². The van der Waals surface area contributed by atoms with Gasteiger partial charge < -0.3 is 10.1 Å². The van der Waals surface area contributed by atoms with Crippen molar-refractivity contribution in [2.75, 3.05) is 31.6 Å². The predicted molar refractivity (Wildman–Crippen MR) is 96.2 cm³/mol. The van der Waals surface area contributed by atoms with Crippen molar-refractivity contribution in [3.63, 3.8) is 0 Å². The molecule has 1 saturated heterocycles. The van der Waals surface area contributed by atoms with Gasteiger partial charge in [-0.25, -0.2) is 4.39 Å². The van der Waals surface area contributed by atoms with E-state index in [9.17, 15) is 9.18 Å². The van der Waals surface area contributed by atoms with Crippen molar-refractivity contribution in [3.05, 3.63) is 64.9 Å². The molecule has 0 unspecified atom stereocenters. The van der Waals surface area contributed by atoms with Crippen LogP contribution in [-0.4, -0.2) is 37.0 Å². The summed E-state index contributed by atoms with van der Waals surface area (Å²) < 4.78 is 18.8. The molecule has 4 nitrogen and oxygen atoms in total. The van der Waals surface area contributed by atoms with Crippen LogP contribution in [0.3, 0.4) is 0 Å². The molecule has 1 amide bonds. The Kier molecular flexibility index (Phi) is 6.02. The third-order valence-corrected chi connectivity index (χ3v) is 4.52. The third kappa shape index (κ3) is 5.01. The summed E-state index contributed by atoms with van der Waals surface area (Å²) in [5, 5.41) is 3.35. The van der Waals surface area contributed by atoms with E-state index in [1.807, 2.05) is 12.1 Å². The molecule has 1 fully saturated rings. The largest absolute Gasteiger partial charge is 0.371 e. The van der Waals surface area contributed by atoms with Crippen molar-refractivity contribution in [2.24, 2.45) is 0 Å². The van der Waals surface area contributed by atoms with E-state index in [0.29, 0.717) is 36.8 Å². The Bertz CT molecular complexity index is 724. The first kappa shape index (κ1) is 17.9. The van der Waals surface area contributed by atoms with Crippen LogP contribution >= 0.6 is 11.6 Å². The van der Waals surface area contributed by atoms with Crippen molar-refractivity contribution in [2.45, 2.75) is 12.5 Å². The Morgan fingerprint density at radius 3 is 2.76 bits per heavy atom. The van der Waals surface area contributed by atoms with Crippen LogP contribution in [0, 0.1) is 5.82 Å². The monoisotopic (exact) mass is 362 g/mol. The highest BCUT2D eigenvalue weighted by molar-refractivity contribution is 6.33. The first-order chi connectivity index (χ1) is 12.1. The zero-order valence-electron chi connectivity index (χ0n) is 13.8. The molecule has 2 aromatic carbocycles. The quantitative estimate of drug-likeness (QED) is 0.877. The van der Waals surface area contributed by atoms with Gasteiger partial charge in [-0.1, -0.05) is 35.9 Å². The van der Waals surface area contributed by atoms with Crippen LogP contribution in [0.1, 0.15) is 18.1 Å². The van der Waals surface area contributed by atoms with Gasteiger partial charge in [0, 0.05) is 26.1 Å². The van der Waals surface area contributed by atoms with E-state index in [1.165, 1.54) is 12.1 Å². The van der Waals surface area contributed by atoms with Gasteiger partial charge in [-0.2, -0.15) is 0 Å². The van der Waals surface area contributed by atoms with Gasteiger partial charge in [0.15, 0.2) is 0 Å². The summed E-state index contributed by atoms with van der Waals surface area (Å²) in [5.41, 5.74) is 1.58. The maximum Gasteiger partial charge on any atom is 0.225 e. The summed E-state index contributed by atoms with van der Waals surface area (Å²) in [5.74, 6) is -0.328. The highest BCUT2D eigenvalue weighted by Crippen LogP contribution is 2.23. The second-order valence-corrected chi connectivity index (χ2v) is 6.40. The summed E-state index contributed by atoms with van der Waals surface area (Å²) in [6.45, 7) is 2.69. The number of nitrogens with one attached hydrogen (secondary N) is 1.